The molecule has 22 heavy (non-hydrogen) atoms. The Morgan fingerprint density at radius 3 is 2.82 bits per heavy atom. The summed E-state index contributed by atoms with van der Waals surface area (Å²) in [5.41, 5.74) is 0.885. The highest BCUT2D eigenvalue weighted by atomic mass is 19.1. The van der Waals surface area contributed by atoms with Gasteiger partial charge in [0.1, 0.15) is 12.1 Å². The van der Waals surface area contributed by atoms with Crippen LogP contribution in [0.25, 0.3) is 16.9 Å². The van der Waals surface area contributed by atoms with Crippen molar-refractivity contribution in [1.29, 1.82) is 0 Å². The first kappa shape index (κ1) is 13.1. The first-order chi connectivity index (χ1) is 10.7. The van der Waals surface area contributed by atoms with E-state index in [4.69, 9.17) is 0 Å². The molecule has 112 valence electrons. The second-order valence-electron chi connectivity index (χ2n) is 5.55. The summed E-state index contributed by atoms with van der Waals surface area (Å²) < 4.78 is 16.4. The van der Waals surface area contributed by atoms with Crippen LogP contribution < -0.4 is 5.56 Å². The van der Waals surface area contributed by atoms with Crippen molar-refractivity contribution in [3.8, 4) is 5.69 Å². The van der Waals surface area contributed by atoms with Crippen LogP contribution in [0.4, 0.5) is 4.39 Å². The lowest BCUT2D eigenvalue weighted by atomic mass is 10.2. The Hall–Kier alpha value is -2.57. The molecule has 0 unspecified atom stereocenters. The average molecular weight is 299 g/mol. The highest BCUT2D eigenvalue weighted by Crippen LogP contribution is 2.28. The molecule has 1 aliphatic rings. The molecule has 1 fully saturated rings. The normalized spacial score (nSPS) is 15.7. The van der Waals surface area contributed by atoms with E-state index in [2.05, 4.69) is 15.3 Å². The quantitative estimate of drug-likeness (QED) is 0.728. The third-order valence-electron chi connectivity index (χ3n) is 4.16. The van der Waals surface area contributed by atoms with E-state index in [1.54, 1.807) is 23.0 Å². The third-order valence-corrected chi connectivity index (χ3v) is 4.16. The molecule has 4 rings (SSSR count). The standard InChI is InChI=1S/C15H14FN5O/c16-10-4-3-7-12(8-10)21-14-13(18-19-21)15(22)20(9-17-14)11-5-1-2-6-11/h3-4,7-9,11H,1-2,5-6H2. The predicted molar refractivity (Wildman–Crippen MR) is 78.4 cm³/mol. The summed E-state index contributed by atoms with van der Waals surface area (Å²) in [5, 5.41) is 7.91. The van der Waals surface area contributed by atoms with Crippen molar-refractivity contribution >= 4 is 11.2 Å². The van der Waals surface area contributed by atoms with Crippen molar-refractivity contribution in [3.05, 3.63) is 46.8 Å². The highest BCUT2D eigenvalue weighted by molar-refractivity contribution is 5.70. The number of benzene rings is 1. The number of nitrogens with zero attached hydrogens (tertiary/aromatic N) is 5. The van der Waals surface area contributed by atoms with Gasteiger partial charge < -0.3 is 0 Å². The molecule has 1 aliphatic carbocycles. The first-order valence-electron chi connectivity index (χ1n) is 7.32. The molecule has 0 aliphatic heterocycles. The molecule has 0 amide bonds. The Labute approximate surface area is 125 Å². The van der Waals surface area contributed by atoms with Crippen LogP contribution >= 0.6 is 0 Å². The summed E-state index contributed by atoms with van der Waals surface area (Å²) in [7, 11) is 0. The maximum absolute atomic E-state index is 13.4. The van der Waals surface area contributed by atoms with Crippen LogP contribution in [0.5, 0.6) is 0 Å². The lowest BCUT2D eigenvalue weighted by Gasteiger charge is -2.11. The summed E-state index contributed by atoms with van der Waals surface area (Å²) in [6, 6.07) is 6.16. The van der Waals surface area contributed by atoms with E-state index in [1.807, 2.05) is 0 Å². The first-order valence-corrected chi connectivity index (χ1v) is 7.32. The number of halogens is 1. The summed E-state index contributed by atoms with van der Waals surface area (Å²) in [4.78, 5) is 16.9. The van der Waals surface area contributed by atoms with Crippen molar-refractivity contribution < 1.29 is 4.39 Å². The summed E-state index contributed by atoms with van der Waals surface area (Å²) in [6.07, 6.45) is 5.80. The monoisotopic (exact) mass is 299 g/mol. The minimum atomic E-state index is -0.375. The summed E-state index contributed by atoms with van der Waals surface area (Å²) in [5.74, 6) is -0.375. The van der Waals surface area contributed by atoms with Crippen LogP contribution in [0, 0.1) is 5.82 Å². The Bertz CT molecular complexity index is 894. The third kappa shape index (κ3) is 2.01. The predicted octanol–water partition coefficient (Wildman–Crippen LogP) is 2.23. The largest absolute Gasteiger partial charge is 0.294 e. The molecule has 0 atom stereocenters. The number of hydrogen-bond acceptors (Lipinski definition) is 4. The van der Waals surface area contributed by atoms with E-state index >= 15 is 0 Å². The molecule has 0 N–H and O–H groups in total. The van der Waals surface area contributed by atoms with Gasteiger partial charge in [-0.3, -0.25) is 9.36 Å². The van der Waals surface area contributed by atoms with Crippen LogP contribution in [0.15, 0.2) is 35.4 Å². The van der Waals surface area contributed by atoms with Crippen molar-refractivity contribution in [2.75, 3.05) is 0 Å². The van der Waals surface area contributed by atoms with Crippen molar-refractivity contribution in [2.24, 2.45) is 0 Å². The van der Waals surface area contributed by atoms with Crippen molar-refractivity contribution in [2.45, 2.75) is 31.7 Å². The van der Waals surface area contributed by atoms with E-state index in [1.165, 1.54) is 16.8 Å². The van der Waals surface area contributed by atoms with E-state index < -0.39 is 0 Å². The molecule has 0 spiro atoms. The molecule has 3 aromatic rings. The zero-order chi connectivity index (χ0) is 15.1. The minimum Gasteiger partial charge on any atom is -0.294 e. The number of hydrogen-bond donors (Lipinski definition) is 0. The van der Waals surface area contributed by atoms with Crippen molar-refractivity contribution in [1.82, 2.24) is 24.5 Å². The maximum Gasteiger partial charge on any atom is 0.283 e. The fourth-order valence-electron chi connectivity index (χ4n) is 3.05. The molecule has 1 aromatic carbocycles. The maximum atomic E-state index is 13.4. The van der Waals surface area contributed by atoms with Gasteiger partial charge in [0.15, 0.2) is 11.2 Å². The van der Waals surface area contributed by atoms with Gasteiger partial charge in [0, 0.05) is 6.04 Å². The van der Waals surface area contributed by atoms with Gasteiger partial charge in [0.25, 0.3) is 5.56 Å². The van der Waals surface area contributed by atoms with Gasteiger partial charge in [-0.25, -0.2) is 9.37 Å². The van der Waals surface area contributed by atoms with Gasteiger partial charge in [-0.15, -0.1) is 5.10 Å². The Morgan fingerprint density at radius 1 is 1.23 bits per heavy atom. The molecule has 6 nitrogen and oxygen atoms in total. The molecule has 2 aromatic heterocycles. The molecule has 2 heterocycles. The molecule has 1 saturated carbocycles. The van der Waals surface area contributed by atoms with Crippen LogP contribution in [0.3, 0.4) is 0 Å². The highest BCUT2D eigenvalue weighted by Gasteiger charge is 2.21. The second-order valence-corrected chi connectivity index (χ2v) is 5.55. The topological polar surface area (TPSA) is 65.6 Å². The SMILES string of the molecule is O=c1c2nnn(-c3cccc(F)c3)c2ncn1C1CCCC1. The summed E-state index contributed by atoms with van der Waals surface area (Å²) >= 11 is 0. The van der Waals surface area contributed by atoms with Gasteiger partial charge in [0.2, 0.25) is 0 Å². The van der Waals surface area contributed by atoms with Crippen LogP contribution in [0.1, 0.15) is 31.7 Å². The Balaban J connectivity index is 1.87. The zero-order valence-electron chi connectivity index (χ0n) is 11.8. The number of rotatable bonds is 2. The lowest BCUT2D eigenvalue weighted by Crippen LogP contribution is -2.24. The minimum absolute atomic E-state index is 0.181. The van der Waals surface area contributed by atoms with Gasteiger partial charge in [0.05, 0.1) is 5.69 Å². The number of aromatic nitrogens is 5. The smallest absolute Gasteiger partial charge is 0.283 e. The molecular formula is C15H14FN5O. The molecule has 7 heteroatoms. The zero-order valence-corrected chi connectivity index (χ0v) is 11.8. The molecule has 0 bridgehead atoms. The fraction of sp³-hybridized carbons (Fsp3) is 0.333. The number of fused-ring (bicyclic) bond motifs is 1. The molecule has 0 radical (unpaired) electrons. The lowest BCUT2D eigenvalue weighted by molar-refractivity contribution is 0.498. The van der Waals surface area contributed by atoms with Gasteiger partial charge in [-0.05, 0) is 31.0 Å². The second kappa shape index (κ2) is 5.01. The van der Waals surface area contributed by atoms with Gasteiger partial charge in [-0.1, -0.05) is 24.1 Å². The van der Waals surface area contributed by atoms with Crippen molar-refractivity contribution in [3.63, 3.8) is 0 Å². The van der Waals surface area contributed by atoms with Crippen LogP contribution in [-0.4, -0.2) is 24.5 Å². The average Bonchev–Trinajstić information content (AvgIpc) is 3.17. The van der Waals surface area contributed by atoms with Crippen LogP contribution in [-0.2, 0) is 0 Å². The Morgan fingerprint density at radius 2 is 2.05 bits per heavy atom. The fourth-order valence-corrected chi connectivity index (χ4v) is 3.05. The van der Waals surface area contributed by atoms with Crippen LogP contribution in [0.2, 0.25) is 0 Å². The van der Waals surface area contributed by atoms with E-state index in [0.29, 0.717) is 11.3 Å². The van der Waals surface area contributed by atoms with Gasteiger partial charge >= 0.3 is 0 Å². The van der Waals surface area contributed by atoms with E-state index in [9.17, 15) is 9.18 Å². The molecular weight excluding hydrogens is 285 g/mol. The van der Waals surface area contributed by atoms with E-state index in [-0.39, 0.29) is 22.9 Å². The van der Waals surface area contributed by atoms with Gasteiger partial charge in [-0.2, -0.15) is 4.68 Å². The molecule has 0 saturated heterocycles. The van der Waals surface area contributed by atoms with E-state index in [0.717, 1.165) is 25.7 Å². The summed E-state index contributed by atoms with van der Waals surface area (Å²) in [6.45, 7) is 0. The Kier molecular flexibility index (Phi) is 2.99.